The molecule has 0 fully saturated rings. The Kier molecular flexibility index (Phi) is 6.58. The molecule has 0 amide bonds. The molecule has 0 atom stereocenters. The summed E-state index contributed by atoms with van der Waals surface area (Å²) in [5.74, 6) is 1.22. The Labute approximate surface area is 149 Å². The van der Waals surface area contributed by atoms with Gasteiger partial charge in [0.2, 0.25) is 0 Å². The van der Waals surface area contributed by atoms with E-state index in [1.54, 1.807) is 42.5 Å². The van der Waals surface area contributed by atoms with Crippen molar-refractivity contribution < 1.29 is 17.9 Å². The van der Waals surface area contributed by atoms with Crippen molar-refractivity contribution in [2.45, 2.75) is 32.1 Å². The van der Waals surface area contributed by atoms with Gasteiger partial charge in [-0.05, 0) is 56.2 Å². The number of benzene rings is 2. The predicted octanol–water partition coefficient (Wildman–Crippen LogP) is 3.99. The van der Waals surface area contributed by atoms with Crippen LogP contribution in [0.4, 0.5) is 0 Å². The van der Waals surface area contributed by atoms with E-state index in [-0.39, 0.29) is 4.90 Å². The number of aryl methyl sites for hydroxylation is 1. The fourth-order valence-electron chi connectivity index (χ4n) is 2.11. The fraction of sp³-hybridized carbons (Fsp3) is 0.316. The predicted molar refractivity (Wildman–Crippen MR) is 99.4 cm³/mol. The van der Waals surface area contributed by atoms with Crippen molar-refractivity contribution in [1.29, 1.82) is 0 Å². The van der Waals surface area contributed by atoms with Crippen molar-refractivity contribution >= 4 is 16.2 Å². The lowest BCUT2D eigenvalue weighted by atomic mass is 10.2. The number of hydrogen-bond acceptors (Lipinski definition) is 4. The van der Waals surface area contributed by atoms with Crippen LogP contribution in [0.3, 0.4) is 0 Å². The van der Waals surface area contributed by atoms with Crippen molar-refractivity contribution in [2.24, 2.45) is 4.40 Å². The molecule has 2 rings (SSSR count). The van der Waals surface area contributed by atoms with Crippen LogP contribution >= 0.6 is 0 Å². The number of sulfonamides is 1. The van der Waals surface area contributed by atoms with Crippen molar-refractivity contribution in [1.82, 2.24) is 0 Å². The molecule has 25 heavy (non-hydrogen) atoms. The van der Waals surface area contributed by atoms with Gasteiger partial charge in [0.25, 0.3) is 10.0 Å². The number of ether oxygens (including phenoxy) is 2. The molecule has 6 heteroatoms. The average molecular weight is 361 g/mol. The molecule has 5 nitrogen and oxygen atoms in total. The largest absolute Gasteiger partial charge is 0.490 e. The van der Waals surface area contributed by atoms with Crippen molar-refractivity contribution in [3.05, 3.63) is 53.6 Å². The molecule has 134 valence electrons. The van der Waals surface area contributed by atoms with E-state index in [9.17, 15) is 8.42 Å². The molecule has 2 aromatic carbocycles. The summed E-state index contributed by atoms with van der Waals surface area (Å²) in [5, 5.41) is 0. The van der Waals surface area contributed by atoms with Gasteiger partial charge in [0, 0.05) is 6.21 Å². The maximum Gasteiger partial charge on any atom is 0.282 e. The van der Waals surface area contributed by atoms with Crippen LogP contribution in [0.5, 0.6) is 11.5 Å². The molecule has 0 saturated carbocycles. The van der Waals surface area contributed by atoms with Crippen molar-refractivity contribution in [3.63, 3.8) is 0 Å². The van der Waals surface area contributed by atoms with Crippen LogP contribution in [0.25, 0.3) is 0 Å². The highest BCUT2D eigenvalue weighted by molar-refractivity contribution is 7.90. The Balaban J connectivity index is 2.24. The van der Waals surface area contributed by atoms with Gasteiger partial charge >= 0.3 is 0 Å². The molecule has 2 aromatic rings. The molecule has 0 bridgehead atoms. The topological polar surface area (TPSA) is 65.0 Å². The second kappa shape index (κ2) is 8.67. The summed E-state index contributed by atoms with van der Waals surface area (Å²) in [5.41, 5.74) is 1.62. The third-order valence-corrected chi connectivity index (χ3v) is 4.64. The highest BCUT2D eigenvalue weighted by atomic mass is 32.2. The van der Waals surface area contributed by atoms with Crippen molar-refractivity contribution in [3.8, 4) is 11.5 Å². The summed E-state index contributed by atoms with van der Waals surface area (Å²) in [4.78, 5) is 0.169. The average Bonchev–Trinajstić information content (AvgIpc) is 2.60. The van der Waals surface area contributed by atoms with Crippen LogP contribution in [0.15, 0.2) is 51.8 Å². The highest BCUT2D eigenvalue weighted by Gasteiger charge is 2.11. The van der Waals surface area contributed by atoms with Crippen LogP contribution in [0.1, 0.15) is 31.4 Å². The van der Waals surface area contributed by atoms with E-state index in [0.29, 0.717) is 30.3 Å². The summed E-state index contributed by atoms with van der Waals surface area (Å²) in [7, 11) is -3.73. The van der Waals surface area contributed by atoms with E-state index >= 15 is 0 Å². The molecule has 0 spiro atoms. The minimum absolute atomic E-state index is 0.169. The standard InChI is InChI=1S/C19H23NO4S/c1-4-12-24-18-11-8-16(13-19(18)23-5-2)14-20-25(21,22)17-9-6-15(3)7-10-17/h6-11,13-14H,4-5,12H2,1-3H3/b20-14-. The maximum absolute atomic E-state index is 12.3. The zero-order valence-corrected chi connectivity index (χ0v) is 15.5. The summed E-state index contributed by atoms with van der Waals surface area (Å²) < 4.78 is 39.5. The Morgan fingerprint density at radius 1 is 1.00 bits per heavy atom. The molecule has 0 unspecified atom stereocenters. The van der Waals surface area contributed by atoms with E-state index < -0.39 is 10.0 Å². The van der Waals surface area contributed by atoms with E-state index in [1.807, 2.05) is 20.8 Å². The molecule has 0 saturated heterocycles. The Morgan fingerprint density at radius 3 is 2.36 bits per heavy atom. The van der Waals surface area contributed by atoms with Gasteiger partial charge in [-0.25, -0.2) is 0 Å². The molecule has 0 heterocycles. The van der Waals surface area contributed by atoms with Gasteiger partial charge in [-0.15, -0.1) is 0 Å². The first-order valence-electron chi connectivity index (χ1n) is 8.23. The highest BCUT2D eigenvalue weighted by Crippen LogP contribution is 2.28. The Bertz CT molecular complexity index is 827. The first-order valence-corrected chi connectivity index (χ1v) is 9.67. The molecule has 0 aromatic heterocycles. The van der Waals surface area contributed by atoms with E-state index in [1.165, 1.54) is 6.21 Å². The fourth-order valence-corrected chi connectivity index (χ4v) is 2.97. The summed E-state index contributed by atoms with van der Waals surface area (Å²) in [6, 6.07) is 11.8. The summed E-state index contributed by atoms with van der Waals surface area (Å²) in [6.45, 7) is 6.89. The monoisotopic (exact) mass is 361 g/mol. The minimum atomic E-state index is -3.73. The first kappa shape index (κ1) is 19.0. The SMILES string of the molecule is CCCOc1ccc(/C=N\S(=O)(=O)c2ccc(C)cc2)cc1OCC. The third kappa shape index (κ3) is 5.32. The third-order valence-electron chi connectivity index (χ3n) is 3.39. The zero-order chi connectivity index (χ0) is 18.3. The normalized spacial score (nSPS) is 11.6. The lowest BCUT2D eigenvalue weighted by molar-refractivity contribution is 0.277. The molecular formula is C19H23NO4S. The van der Waals surface area contributed by atoms with Gasteiger partial charge in [0.1, 0.15) is 0 Å². The van der Waals surface area contributed by atoms with E-state index in [0.717, 1.165) is 12.0 Å². The molecule has 0 aliphatic rings. The summed E-state index contributed by atoms with van der Waals surface area (Å²) >= 11 is 0. The van der Waals surface area contributed by atoms with Crippen LogP contribution in [-0.2, 0) is 10.0 Å². The minimum Gasteiger partial charge on any atom is -0.490 e. The molecular weight excluding hydrogens is 338 g/mol. The van der Waals surface area contributed by atoms with Gasteiger partial charge in [-0.2, -0.15) is 12.8 Å². The van der Waals surface area contributed by atoms with Crippen LogP contribution in [0, 0.1) is 6.92 Å². The maximum atomic E-state index is 12.3. The molecule has 0 radical (unpaired) electrons. The Hall–Kier alpha value is -2.34. The van der Waals surface area contributed by atoms with Gasteiger partial charge in [-0.3, -0.25) is 0 Å². The number of hydrogen-bond donors (Lipinski definition) is 0. The van der Waals surface area contributed by atoms with Gasteiger partial charge in [-0.1, -0.05) is 24.6 Å². The first-order chi connectivity index (χ1) is 12.0. The van der Waals surface area contributed by atoms with E-state index in [4.69, 9.17) is 9.47 Å². The molecule has 0 N–H and O–H groups in total. The van der Waals surface area contributed by atoms with Crippen LogP contribution < -0.4 is 9.47 Å². The lowest BCUT2D eigenvalue weighted by Crippen LogP contribution is -2.01. The smallest absolute Gasteiger partial charge is 0.282 e. The zero-order valence-electron chi connectivity index (χ0n) is 14.7. The molecule has 0 aliphatic carbocycles. The quantitative estimate of drug-likeness (QED) is 0.667. The van der Waals surface area contributed by atoms with Crippen LogP contribution in [-0.4, -0.2) is 27.8 Å². The van der Waals surface area contributed by atoms with Crippen LogP contribution in [0.2, 0.25) is 0 Å². The van der Waals surface area contributed by atoms with Gasteiger partial charge in [0.15, 0.2) is 11.5 Å². The van der Waals surface area contributed by atoms with Crippen molar-refractivity contribution in [2.75, 3.05) is 13.2 Å². The van der Waals surface area contributed by atoms with Gasteiger partial charge < -0.3 is 9.47 Å². The lowest BCUT2D eigenvalue weighted by Gasteiger charge is -2.11. The summed E-state index contributed by atoms with van der Waals surface area (Å²) in [6.07, 6.45) is 2.21. The van der Waals surface area contributed by atoms with Gasteiger partial charge in [0.05, 0.1) is 18.1 Å². The Morgan fingerprint density at radius 2 is 1.72 bits per heavy atom. The second-order valence-corrected chi connectivity index (χ2v) is 7.14. The number of nitrogens with zero attached hydrogens (tertiary/aromatic N) is 1. The second-order valence-electron chi connectivity index (χ2n) is 5.51. The van der Waals surface area contributed by atoms with E-state index in [2.05, 4.69) is 4.40 Å². The molecule has 0 aliphatic heterocycles. The number of rotatable bonds is 8.